The number of anilines is 1. The van der Waals surface area contributed by atoms with Crippen molar-refractivity contribution in [3.63, 3.8) is 0 Å². The number of nitrogens with zero attached hydrogens (tertiary/aromatic N) is 2. The molecule has 1 fully saturated rings. The van der Waals surface area contributed by atoms with E-state index in [1.165, 1.54) is 0 Å². The summed E-state index contributed by atoms with van der Waals surface area (Å²) >= 11 is 0. The fourth-order valence-corrected chi connectivity index (χ4v) is 2.58. The minimum absolute atomic E-state index is 0.0398. The number of benzene rings is 1. The van der Waals surface area contributed by atoms with Gasteiger partial charge in [-0.15, -0.1) is 0 Å². The van der Waals surface area contributed by atoms with E-state index < -0.39 is 0 Å². The number of carbonyl (C=O) groups excluding carboxylic acids is 2. The number of urea groups is 1. The minimum Gasteiger partial charge on any atom is -0.497 e. The predicted molar refractivity (Wildman–Crippen MR) is 93.5 cm³/mol. The third-order valence-corrected chi connectivity index (χ3v) is 4.01. The summed E-state index contributed by atoms with van der Waals surface area (Å²) in [5.41, 5.74) is 1.12. The smallest absolute Gasteiger partial charge is 0.315 e. The van der Waals surface area contributed by atoms with Crippen molar-refractivity contribution in [2.45, 2.75) is 13.3 Å². The lowest BCUT2D eigenvalue weighted by atomic mass is 10.2. The Morgan fingerprint density at radius 3 is 2.33 bits per heavy atom. The highest BCUT2D eigenvalue weighted by Gasteiger charge is 2.21. The van der Waals surface area contributed by atoms with Crippen LogP contribution in [0.3, 0.4) is 0 Å². The van der Waals surface area contributed by atoms with Crippen LogP contribution in [0.15, 0.2) is 24.3 Å². The Kier molecular flexibility index (Phi) is 6.72. The molecule has 0 radical (unpaired) electrons. The second kappa shape index (κ2) is 9.00. The normalized spacial score (nSPS) is 14.2. The highest BCUT2D eigenvalue weighted by atomic mass is 16.5. The van der Waals surface area contributed by atoms with Crippen LogP contribution in [0.25, 0.3) is 0 Å². The molecule has 24 heavy (non-hydrogen) atoms. The molecule has 0 saturated carbocycles. The summed E-state index contributed by atoms with van der Waals surface area (Å²) in [4.78, 5) is 27.7. The van der Waals surface area contributed by atoms with E-state index >= 15 is 0 Å². The van der Waals surface area contributed by atoms with Crippen LogP contribution in [0, 0.1) is 0 Å². The molecule has 1 saturated heterocycles. The Morgan fingerprint density at radius 2 is 1.75 bits per heavy atom. The molecule has 1 heterocycles. The van der Waals surface area contributed by atoms with Crippen molar-refractivity contribution in [2.24, 2.45) is 0 Å². The molecule has 1 aliphatic rings. The van der Waals surface area contributed by atoms with Gasteiger partial charge in [0, 0.05) is 38.4 Å². The average molecular weight is 334 g/mol. The van der Waals surface area contributed by atoms with Crippen LogP contribution in [0.2, 0.25) is 0 Å². The van der Waals surface area contributed by atoms with Crippen LogP contribution in [0.1, 0.15) is 13.3 Å². The first kappa shape index (κ1) is 17.9. The van der Waals surface area contributed by atoms with Crippen LogP contribution in [0.5, 0.6) is 5.75 Å². The van der Waals surface area contributed by atoms with E-state index in [4.69, 9.17) is 4.74 Å². The maximum atomic E-state index is 12.2. The quantitative estimate of drug-likeness (QED) is 0.816. The zero-order valence-electron chi connectivity index (χ0n) is 14.4. The van der Waals surface area contributed by atoms with Gasteiger partial charge in [0.05, 0.1) is 13.7 Å². The number of ether oxygens (including phenoxy) is 1. The van der Waals surface area contributed by atoms with Crippen LogP contribution < -0.4 is 20.3 Å². The lowest BCUT2D eigenvalue weighted by Gasteiger charge is -2.36. The lowest BCUT2D eigenvalue weighted by Crippen LogP contribution is -2.52. The molecule has 3 amide bonds. The van der Waals surface area contributed by atoms with Gasteiger partial charge in [0.1, 0.15) is 5.75 Å². The average Bonchev–Trinajstić information content (AvgIpc) is 2.64. The molecule has 2 N–H and O–H groups in total. The molecule has 0 atom stereocenters. The molecule has 0 aliphatic carbocycles. The zero-order chi connectivity index (χ0) is 17.4. The van der Waals surface area contributed by atoms with Crippen molar-refractivity contribution in [2.75, 3.05) is 51.3 Å². The molecular formula is C17H26N4O3. The van der Waals surface area contributed by atoms with Crippen LogP contribution in [-0.2, 0) is 4.79 Å². The van der Waals surface area contributed by atoms with Gasteiger partial charge >= 0.3 is 6.03 Å². The molecule has 1 aromatic rings. The third-order valence-electron chi connectivity index (χ3n) is 4.01. The second-order valence-electron chi connectivity index (χ2n) is 5.68. The highest BCUT2D eigenvalue weighted by molar-refractivity contribution is 5.84. The maximum absolute atomic E-state index is 12.2. The van der Waals surface area contributed by atoms with Crippen LogP contribution in [-0.4, -0.2) is 63.2 Å². The Hall–Kier alpha value is -2.44. The molecule has 0 bridgehead atoms. The number of methoxy groups -OCH3 is 1. The van der Waals surface area contributed by atoms with Crippen molar-refractivity contribution in [3.05, 3.63) is 24.3 Å². The lowest BCUT2D eigenvalue weighted by molar-refractivity contribution is -0.130. The van der Waals surface area contributed by atoms with Crippen molar-refractivity contribution >= 4 is 17.6 Å². The minimum atomic E-state index is -0.290. The predicted octanol–water partition coefficient (Wildman–Crippen LogP) is 1.05. The largest absolute Gasteiger partial charge is 0.497 e. The number of amides is 3. The van der Waals surface area contributed by atoms with E-state index in [0.717, 1.165) is 30.9 Å². The number of piperazine rings is 1. The summed E-state index contributed by atoms with van der Waals surface area (Å²) in [6.45, 7) is 5.50. The second-order valence-corrected chi connectivity index (χ2v) is 5.68. The molecule has 0 unspecified atom stereocenters. The van der Waals surface area contributed by atoms with Gasteiger partial charge in [0.25, 0.3) is 0 Å². The summed E-state index contributed by atoms with van der Waals surface area (Å²) in [5, 5.41) is 5.29. The maximum Gasteiger partial charge on any atom is 0.315 e. The standard InChI is InChI=1S/C17H26N4O3/c1-3-8-18-17(23)19-13-16(22)21-11-9-20(10-12-21)14-4-6-15(24-2)7-5-14/h4-7H,3,8-13H2,1-2H3,(H2,18,19,23). The van der Waals surface area contributed by atoms with E-state index in [9.17, 15) is 9.59 Å². The number of hydrogen-bond donors (Lipinski definition) is 2. The van der Waals surface area contributed by atoms with Gasteiger partial charge in [-0.3, -0.25) is 4.79 Å². The van der Waals surface area contributed by atoms with Gasteiger partial charge in [-0.1, -0.05) is 6.92 Å². The number of nitrogens with one attached hydrogen (secondary N) is 2. The highest BCUT2D eigenvalue weighted by Crippen LogP contribution is 2.20. The van der Waals surface area contributed by atoms with E-state index in [-0.39, 0.29) is 18.5 Å². The summed E-state index contributed by atoms with van der Waals surface area (Å²) < 4.78 is 5.16. The van der Waals surface area contributed by atoms with Crippen LogP contribution in [0.4, 0.5) is 10.5 Å². The summed E-state index contributed by atoms with van der Waals surface area (Å²) in [7, 11) is 1.65. The Morgan fingerprint density at radius 1 is 1.08 bits per heavy atom. The molecule has 1 aromatic carbocycles. The molecule has 0 spiro atoms. The molecular weight excluding hydrogens is 308 g/mol. The third kappa shape index (κ3) is 5.04. The fraction of sp³-hybridized carbons (Fsp3) is 0.529. The summed E-state index contributed by atoms with van der Waals surface area (Å²) in [5.74, 6) is 0.788. The first-order valence-electron chi connectivity index (χ1n) is 8.32. The van der Waals surface area contributed by atoms with Crippen molar-refractivity contribution < 1.29 is 14.3 Å². The first-order valence-corrected chi connectivity index (χ1v) is 8.32. The number of hydrogen-bond acceptors (Lipinski definition) is 4. The van der Waals surface area contributed by atoms with E-state index in [2.05, 4.69) is 15.5 Å². The Labute approximate surface area is 142 Å². The van der Waals surface area contributed by atoms with Gasteiger partial charge in [-0.05, 0) is 30.7 Å². The molecule has 0 aromatic heterocycles. The molecule has 1 aliphatic heterocycles. The molecule has 2 rings (SSSR count). The van der Waals surface area contributed by atoms with Crippen molar-refractivity contribution in [3.8, 4) is 5.75 Å². The monoisotopic (exact) mass is 334 g/mol. The summed E-state index contributed by atoms with van der Waals surface area (Å²) in [6.07, 6.45) is 0.870. The number of carbonyl (C=O) groups is 2. The topological polar surface area (TPSA) is 73.9 Å². The Bertz CT molecular complexity index is 539. The van der Waals surface area contributed by atoms with Gasteiger partial charge in [-0.2, -0.15) is 0 Å². The fourth-order valence-electron chi connectivity index (χ4n) is 2.58. The number of rotatable bonds is 6. The SMILES string of the molecule is CCCNC(=O)NCC(=O)N1CCN(c2ccc(OC)cc2)CC1. The van der Waals surface area contributed by atoms with E-state index in [1.54, 1.807) is 12.0 Å². The van der Waals surface area contributed by atoms with Gasteiger partial charge in [0.15, 0.2) is 0 Å². The van der Waals surface area contributed by atoms with Gasteiger partial charge < -0.3 is 25.2 Å². The molecule has 132 valence electrons. The van der Waals surface area contributed by atoms with Gasteiger partial charge in [-0.25, -0.2) is 4.79 Å². The van der Waals surface area contributed by atoms with Crippen LogP contribution >= 0.6 is 0 Å². The van der Waals surface area contributed by atoms with Crippen molar-refractivity contribution in [1.82, 2.24) is 15.5 Å². The Balaban J connectivity index is 1.75. The zero-order valence-corrected chi connectivity index (χ0v) is 14.4. The van der Waals surface area contributed by atoms with E-state index in [0.29, 0.717) is 19.6 Å². The van der Waals surface area contributed by atoms with Gasteiger partial charge in [0.2, 0.25) is 5.91 Å². The summed E-state index contributed by atoms with van der Waals surface area (Å²) in [6, 6.07) is 7.63. The first-order chi connectivity index (χ1) is 11.6. The van der Waals surface area contributed by atoms with Crippen molar-refractivity contribution in [1.29, 1.82) is 0 Å². The molecule has 7 nitrogen and oxygen atoms in total. The molecule has 7 heteroatoms. The van der Waals surface area contributed by atoms with E-state index in [1.807, 2.05) is 31.2 Å².